The minimum absolute atomic E-state index is 0.0184. The molecule has 6 aromatic rings. The fraction of sp³-hybridized carbons (Fsp3) is 0.326. The molecule has 8 rings (SSSR count). The number of pyridine rings is 3. The fourth-order valence-electron chi connectivity index (χ4n) is 8.11. The number of rotatable bonds is 12. The summed E-state index contributed by atoms with van der Waals surface area (Å²) in [5.41, 5.74) is -1.07. The van der Waals surface area contributed by atoms with E-state index < -0.39 is 53.4 Å². The first kappa shape index (κ1) is 46.7. The number of nitriles is 2. The van der Waals surface area contributed by atoms with E-state index in [4.69, 9.17) is 28.3 Å². The largest absolute Gasteiger partial charge is 0.481 e. The molecule has 0 spiro atoms. The van der Waals surface area contributed by atoms with Gasteiger partial charge in [0.1, 0.15) is 41.3 Å². The number of amides is 2. The third kappa shape index (κ3) is 9.29. The van der Waals surface area contributed by atoms with Gasteiger partial charge in [-0.05, 0) is 69.9 Å². The summed E-state index contributed by atoms with van der Waals surface area (Å²) >= 11 is 0. The van der Waals surface area contributed by atoms with Crippen LogP contribution < -0.4 is 23.8 Å². The van der Waals surface area contributed by atoms with Gasteiger partial charge in [-0.3, -0.25) is 9.59 Å². The molecule has 23 heteroatoms. The summed E-state index contributed by atoms with van der Waals surface area (Å²) in [7, 11) is 2.60. The standard InChI is InChI=1S/C46H42FN12O10/c1-25-9-11-30(23-56(25)43(60)33-13-14-35(64-4)54-39(33)59-52-19-20-53-59)67-42-37(29(22-49)16-18-51-42)46(63)69-58-27(3)68-55-40(58)32-7-6-8-34(47)38(32)44(61)57-24-31(12-10-26(57)2)66-41-36(45(62)65-5)28(21-48)15-17-50-41/h6-8,13-20,25-26,30-31H,9-12,23-24H2,1-5H3/q+1. The molecule has 22 nitrogen and oxygen atoms in total. The Hall–Kier alpha value is -8.86. The summed E-state index contributed by atoms with van der Waals surface area (Å²) in [6.45, 7) is 5.05. The maximum absolute atomic E-state index is 16.1. The van der Waals surface area contributed by atoms with Crippen molar-refractivity contribution in [2.24, 2.45) is 0 Å². The molecule has 2 aliphatic heterocycles. The molecule has 0 bridgehead atoms. The van der Waals surface area contributed by atoms with Crippen molar-refractivity contribution in [3.8, 4) is 47.0 Å². The molecular weight excluding hydrogens is 900 g/mol. The van der Waals surface area contributed by atoms with Gasteiger partial charge in [-0.15, -0.1) is 4.80 Å². The number of carbonyl (C=O) groups excluding carboxylic acids is 4. The van der Waals surface area contributed by atoms with E-state index in [0.29, 0.717) is 25.7 Å². The highest BCUT2D eigenvalue weighted by Crippen LogP contribution is 2.32. The highest BCUT2D eigenvalue weighted by molar-refractivity contribution is 6.01. The van der Waals surface area contributed by atoms with Crippen molar-refractivity contribution >= 4 is 23.8 Å². The van der Waals surface area contributed by atoms with Crippen LogP contribution in [0.4, 0.5) is 4.39 Å². The van der Waals surface area contributed by atoms with Crippen molar-refractivity contribution < 1.29 is 56.6 Å². The van der Waals surface area contributed by atoms with Crippen LogP contribution in [-0.4, -0.2) is 120 Å². The second-order valence-electron chi connectivity index (χ2n) is 15.9. The van der Waals surface area contributed by atoms with Crippen LogP contribution in [0.5, 0.6) is 17.6 Å². The topological polar surface area (TPSA) is 268 Å². The number of aryl methyl sites for hydroxylation is 1. The van der Waals surface area contributed by atoms with E-state index in [1.54, 1.807) is 24.0 Å². The maximum Gasteiger partial charge on any atom is 0.420 e. The second-order valence-corrected chi connectivity index (χ2v) is 15.9. The summed E-state index contributed by atoms with van der Waals surface area (Å²) in [4.78, 5) is 78.5. The number of carbonyl (C=O) groups is 4. The number of benzene rings is 1. The van der Waals surface area contributed by atoms with E-state index >= 15 is 4.39 Å². The lowest BCUT2D eigenvalue weighted by Crippen LogP contribution is -2.51. The number of hydrogen-bond acceptors (Lipinski definition) is 18. The van der Waals surface area contributed by atoms with Crippen molar-refractivity contribution in [2.45, 2.75) is 70.7 Å². The molecule has 2 saturated heterocycles. The van der Waals surface area contributed by atoms with E-state index in [0.717, 1.165) is 17.9 Å². The third-order valence-electron chi connectivity index (χ3n) is 11.7. The van der Waals surface area contributed by atoms with E-state index in [1.165, 1.54) is 72.8 Å². The Kier molecular flexibility index (Phi) is 13.5. The average molecular weight is 942 g/mol. The molecule has 0 saturated carbocycles. The highest BCUT2D eigenvalue weighted by Gasteiger charge is 2.40. The maximum atomic E-state index is 16.1. The molecule has 7 heterocycles. The van der Waals surface area contributed by atoms with Gasteiger partial charge in [-0.1, -0.05) is 6.07 Å². The van der Waals surface area contributed by atoms with Crippen LogP contribution in [0.25, 0.3) is 17.2 Å². The average Bonchev–Trinajstić information content (AvgIpc) is 4.04. The van der Waals surface area contributed by atoms with Gasteiger partial charge >= 0.3 is 23.7 Å². The molecule has 352 valence electrons. The Balaban J connectivity index is 1.04. The number of hydrogen-bond donors (Lipinski definition) is 0. The molecular formula is C46H42FN12O10+. The predicted molar refractivity (Wildman–Crippen MR) is 231 cm³/mol. The second kappa shape index (κ2) is 19.9. The normalized spacial score (nSPS) is 17.8. The molecule has 4 atom stereocenters. The Morgan fingerprint density at radius 1 is 0.768 bits per heavy atom. The lowest BCUT2D eigenvalue weighted by molar-refractivity contribution is -0.866. The first-order chi connectivity index (χ1) is 33.3. The van der Waals surface area contributed by atoms with Gasteiger partial charge in [0.15, 0.2) is 11.0 Å². The summed E-state index contributed by atoms with van der Waals surface area (Å²) in [6, 6.07) is 12.8. The fourth-order valence-corrected chi connectivity index (χ4v) is 8.11. The van der Waals surface area contributed by atoms with Crippen LogP contribution in [0.1, 0.15) is 98.0 Å². The number of halogens is 1. The van der Waals surface area contributed by atoms with Crippen LogP contribution in [0.3, 0.4) is 0 Å². The molecule has 0 aliphatic carbocycles. The van der Waals surface area contributed by atoms with Crippen molar-refractivity contribution in [3.05, 3.63) is 112 Å². The van der Waals surface area contributed by atoms with Crippen LogP contribution in [0, 0.1) is 35.4 Å². The van der Waals surface area contributed by atoms with E-state index in [2.05, 4.69) is 30.3 Å². The number of piperidine rings is 2. The summed E-state index contributed by atoms with van der Waals surface area (Å²) in [6.07, 6.45) is 5.80. The number of nitrogens with zero attached hydrogens (tertiary/aromatic N) is 12. The predicted octanol–water partition coefficient (Wildman–Crippen LogP) is 3.79. The third-order valence-corrected chi connectivity index (χ3v) is 11.7. The van der Waals surface area contributed by atoms with Gasteiger partial charge < -0.3 is 28.7 Å². The van der Waals surface area contributed by atoms with Crippen LogP contribution in [0.15, 0.2) is 71.8 Å². The summed E-state index contributed by atoms with van der Waals surface area (Å²) in [5.74, 6) is -4.47. The van der Waals surface area contributed by atoms with E-state index in [9.17, 15) is 29.7 Å². The lowest BCUT2D eigenvalue weighted by Gasteiger charge is -2.38. The highest BCUT2D eigenvalue weighted by atomic mass is 19.1. The SMILES string of the molecule is COC(=O)c1c(C#N)ccnc1OC1CCC(C)N(C(=O)c2c(F)cccc2-c2noc(C)[n+]2OC(=O)c2c(C#N)ccnc2OC2CCC(C)N(C(=O)c3ccc(OC)nc3-n3nccn3)C2)C1. The molecule has 4 unspecified atom stereocenters. The molecule has 69 heavy (non-hydrogen) atoms. The Bertz CT molecular complexity index is 3040. The van der Waals surface area contributed by atoms with E-state index in [1.807, 2.05) is 19.1 Å². The summed E-state index contributed by atoms with van der Waals surface area (Å²) < 4.78 is 44.9. The molecule has 2 amide bonds. The first-order valence-electron chi connectivity index (χ1n) is 21.5. The molecule has 2 aliphatic rings. The molecule has 1 aromatic carbocycles. The monoisotopic (exact) mass is 941 g/mol. The van der Waals surface area contributed by atoms with Gasteiger partial charge in [0.05, 0.1) is 67.5 Å². The Labute approximate surface area is 392 Å². The minimum Gasteiger partial charge on any atom is -0.481 e. The molecule has 0 N–H and O–H groups in total. The zero-order valence-electron chi connectivity index (χ0n) is 37.7. The van der Waals surface area contributed by atoms with Gasteiger partial charge in [-0.2, -0.15) is 25.7 Å². The van der Waals surface area contributed by atoms with E-state index in [-0.39, 0.29) is 87.7 Å². The van der Waals surface area contributed by atoms with Crippen molar-refractivity contribution in [2.75, 3.05) is 27.3 Å². The van der Waals surface area contributed by atoms with Crippen molar-refractivity contribution in [1.82, 2.24) is 44.9 Å². The van der Waals surface area contributed by atoms with Crippen LogP contribution in [-0.2, 0) is 4.74 Å². The van der Waals surface area contributed by atoms with Gasteiger partial charge in [0, 0.05) is 42.2 Å². The minimum atomic E-state index is -1.14. The Morgan fingerprint density at radius 3 is 1.94 bits per heavy atom. The first-order valence-corrected chi connectivity index (χ1v) is 21.5. The number of likely N-dealkylation sites (tertiary alicyclic amines) is 2. The van der Waals surface area contributed by atoms with Crippen molar-refractivity contribution in [1.29, 1.82) is 10.5 Å². The van der Waals surface area contributed by atoms with Gasteiger partial charge in [-0.25, -0.2) is 33.3 Å². The molecule has 5 aromatic heterocycles. The van der Waals surface area contributed by atoms with Crippen molar-refractivity contribution in [3.63, 3.8) is 0 Å². The zero-order valence-corrected chi connectivity index (χ0v) is 37.7. The molecule has 2 fully saturated rings. The van der Waals surface area contributed by atoms with Gasteiger partial charge in [0.2, 0.25) is 17.6 Å². The lowest BCUT2D eigenvalue weighted by atomic mass is 9.98. The molecule has 0 radical (unpaired) electrons. The number of esters is 1. The smallest absolute Gasteiger partial charge is 0.420 e. The number of aromatic nitrogens is 8. The quantitative estimate of drug-likeness (QED) is 0.125. The van der Waals surface area contributed by atoms with Crippen LogP contribution >= 0.6 is 0 Å². The number of ether oxygens (including phenoxy) is 4. The Morgan fingerprint density at radius 2 is 1.36 bits per heavy atom. The summed E-state index contributed by atoms with van der Waals surface area (Å²) in [5, 5.41) is 32.2. The number of methoxy groups -OCH3 is 2. The van der Waals surface area contributed by atoms with Crippen LogP contribution in [0.2, 0.25) is 0 Å². The van der Waals surface area contributed by atoms with Gasteiger partial charge in [0.25, 0.3) is 11.8 Å². The zero-order chi connectivity index (χ0) is 48.9.